The Kier molecular flexibility index (Phi) is 1.88. The first kappa shape index (κ1) is 6.93. The van der Waals surface area contributed by atoms with E-state index in [0.717, 1.165) is 24.9 Å². The van der Waals surface area contributed by atoms with Gasteiger partial charge in [0, 0.05) is 13.1 Å². The van der Waals surface area contributed by atoms with E-state index in [2.05, 4.69) is 0 Å². The summed E-state index contributed by atoms with van der Waals surface area (Å²) in [4.78, 5) is 0. The molecule has 58 valence electrons. The van der Waals surface area contributed by atoms with Gasteiger partial charge >= 0.3 is 0 Å². The number of halogens is 1. The average Bonchev–Trinajstić information content (AvgIpc) is 2.17. The number of hydrogen-bond donors (Lipinski definition) is 0. The van der Waals surface area contributed by atoms with Crippen LogP contribution in [0.25, 0.3) is 0 Å². The summed E-state index contributed by atoms with van der Waals surface area (Å²) in [6.45, 7) is 2.27. The van der Waals surface area contributed by atoms with Crippen molar-refractivity contribution in [3.05, 3.63) is 0 Å². The Balaban J connectivity index is 2.05. The molecule has 0 aromatic rings. The molecule has 3 rings (SSSR count). The topological polar surface area (TPSA) is 3.24 Å². The van der Waals surface area contributed by atoms with Crippen LogP contribution in [0.1, 0.15) is 25.7 Å². The Bertz CT molecular complexity index is 104. The average molecular weight is 160 g/mol. The van der Waals surface area contributed by atoms with Crippen LogP contribution in [0.15, 0.2) is 0 Å². The van der Waals surface area contributed by atoms with E-state index in [1.165, 1.54) is 25.7 Å². The van der Waals surface area contributed by atoms with Crippen LogP contribution in [0.5, 0.6) is 0 Å². The largest absolute Gasteiger partial charge is 0.220 e. The van der Waals surface area contributed by atoms with Crippen molar-refractivity contribution in [2.45, 2.75) is 25.7 Å². The van der Waals surface area contributed by atoms with E-state index in [1.54, 1.807) is 0 Å². The van der Waals surface area contributed by atoms with Crippen molar-refractivity contribution in [3.8, 4) is 0 Å². The SMILES string of the molecule is ClN1CC2CCC(CC2)C1. The number of fused-ring (bicyclic) bond motifs is 4. The fourth-order valence-corrected chi connectivity index (χ4v) is 2.62. The van der Waals surface area contributed by atoms with Gasteiger partial charge in [0.2, 0.25) is 0 Å². The predicted molar refractivity (Wildman–Crippen MR) is 42.9 cm³/mol. The van der Waals surface area contributed by atoms with Crippen molar-refractivity contribution in [2.24, 2.45) is 11.8 Å². The highest BCUT2D eigenvalue weighted by molar-refractivity contribution is 6.13. The van der Waals surface area contributed by atoms with E-state index in [4.69, 9.17) is 11.8 Å². The molecular weight excluding hydrogens is 146 g/mol. The van der Waals surface area contributed by atoms with Gasteiger partial charge < -0.3 is 0 Å². The molecule has 0 aromatic heterocycles. The third kappa shape index (κ3) is 1.30. The molecule has 0 atom stereocenters. The minimum atomic E-state index is 0.913. The summed E-state index contributed by atoms with van der Waals surface area (Å²) in [6, 6.07) is 0. The maximum absolute atomic E-state index is 5.98. The first-order valence-corrected chi connectivity index (χ1v) is 4.59. The first-order chi connectivity index (χ1) is 4.84. The Morgan fingerprint density at radius 2 is 1.30 bits per heavy atom. The number of rotatable bonds is 0. The molecule has 0 N–H and O–H groups in total. The Labute approximate surface area is 67.5 Å². The van der Waals surface area contributed by atoms with E-state index in [-0.39, 0.29) is 0 Å². The summed E-state index contributed by atoms with van der Waals surface area (Å²) in [5, 5.41) is 0. The first-order valence-electron chi connectivity index (χ1n) is 4.25. The third-order valence-corrected chi connectivity index (χ3v) is 3.15. The van der Waals surface area contributed by atoms with Crippen LogP contribution in [-0.2, 0) is 0 Å². The van der Waals surface area contributed by atoms with Gasteiger partial charge in [-0.3, -0.25) is 0 Å². The van der Waals surface area contributed by atoms with Crippen LogP contribution >= 0.6 is 11.8 Å². The Morgan fingerprint density at radius 1 is 0.900 bits per heavy atom. The van der Waals surface area contributed by atoms with E-state index in [0.29, 0.717) is 0 Å². The van der Waals surface area contributed by atoms with Gasteiger partial charge in [-0.1, -0.05) is 0 Å². The molecule has 3 aliphatic rings. The minimum Gasteiger partial charge on any atom is -0.220 e. The molecule has 1 aliphatic carbocycles. The van der Waals surface area contributed by atoms with Gasteiger partial charge in [-0.15, -0.1) is 0 Å². The summed E-state index contributed by atoms with van der Waals surface area (Å²) in [5.41, 5.74) is 0. The van der Waals surface area contributed by atoms with Crippen LogP contribution < -0.4 is 0 Å². The van der Waals surface area contributed by atoms with Crippen molar-refractivity contribution < 1.29 is 0 Å². The minimum absolute atomic E-state index is 0.913. The normalized spacial score (nSPS) is 41.7. The molecule has 2 heterocycles. The quantitative estimate of drug-likeness (QED) is 0.491. The molecule has 2 heteroatoms. The fraction of sp³-hybridized carbons (Fsp3) is 1.00. The van der Waals surface area contributed by atoms with E-state index < -0.39 is 0 Å². The Morgan fingerprint density at radius 3 is 1.70 bits per heavy atom. The lowest BCUT2D eigenvalue weighted by Crippen LogP contribution is -2.17. The fourth-order valence-electron chi connectivity index (χ4n) is 2.23. The molecule has 1 nitrogen and oxygen atoms in total. The highest BCUT2D eigenvalue weighted by Crippen LogP contribution is 2.34. The summed E-state index contributed by atoms with van der Waals surface area (Å²) in [7, 11) is 0. The molecule has 3 fully saturated rings. The van der Waals surface area contributed by atoms with Gasteiger partial charge in [-0.05, 0) is 49.3 Å². The zero-order valence-electron chi connectivity index (χ0n) is 6.22. The molecule has 2 bridgehead atoms. The van der Waals surface area contributed by atoms with Gasteiger partial charge in [-0.2, -0.15) is 0 Å². The van der Waals surface area contributed by atoms with Gasteiger partial charge in [0.05, 0.1) is 0 Å². The third-order valence-electron chi connectivity index (χ3n) is 2.88. The second-order valence-electron chi connectivity index (χ2n) is 3.71. The number of hydrogen-bond acceptors (Lipinski definition) is 1. The smallest absolute Gasteiger partial charge is 0.0167 e. The summed E-state index contributed by atoms with van der Waals surface area (Å²) >= 11 is 5.98. The van der Waals surface area contributed by atoms with Crippen LogP contribution in [0.2, 0.25) is 0 Å². The monoisotopic (exact) mass is 159 g/mol. The maximum atomic E-state index is 5.98. The zero-order valence-corrected chi connectivity index (χ0v) is 6.98. The second-order valence-corrected chi connectivity index (χ2v) is 4.19. The zero-order chi connectivity index (χ0) is 6.97. The summed E-state index contributed by atoms with van der Waals surface area (Å²) in [5.74, 6) is 1.83. The van der Waals surface area contributed by atoms with Crippen LogP contribution in [0.3, 0.4) is 0 Å². The maximum Gasteiger partial charge on any atom is 0.0167 e. The number of nitrogens with zero attached hydrogens (tertiary/aromatic N) is 1. The van der Waals surface area contributed by atoms with Crippen molar-refractivity contribution in [1.82, 2.24) is 4.42 Å². The molecule has 10 heavy (non-hydrogen) atoms. The van der Waals surface area contributed by atoms with Gasteiger partial charge in [-0.25, -0.2) is 4.42 Å². The lowest BCUT2D eigenvalue weighted by atomic mass is 9.84. The van der Waals surface area contributed by atoms with Crippen LogP contribution in [0.4, 0.5) is 0 Å². The molecule has 0 amide bonds. The summed E-state index contributed by atoms with van der Waals surface area (Å²) in [6.07, 6.45) is 5.70. The van der Waals surface area contributed by atoms with Crippen molar-refractivity contribution in [3.63, 3.8) is 0 Å². The molecule has 1 saturated carbocycles. The van der Waals surface area contributed by atoms with E-state index in [9.17, 15) is 0 Å². The predicted octanol–water partition coefficient (Wildman–Crippen LogP) is 2.26. The van der Waals surface area contributed by atoms with Gasteiger partial charge in [0.15, 0.2) is 0 Å². The van der Waals surface area contributed by atoms with Crippen LogP contribution in [-0.4, -0.2) is 17.5 Å². The molecule has 0 unspecified atom stereocenters. The van der Waals surface area contributed by atoms with Gasteiger partial charge in [0.1, 0.15) is 0 Å². The highest BCUT2D eigenvalue weighted by Gasteiger charge is 2.28. The lowest BCUT2D eigenvalue weighted by molar-refractivity contribution is 0.326. The summed E-state index contributed by atoms with van der Waals surface area (Å²) < 4.78 is 2.00. The molecule has 0 aromatic carbocycles. The molecular formula is C8H14ClN. The van der Waals surface area contributed by atoms with E-state index in [1.807, 2.05) is 4.42 Å². The molecule has 0 spiro atoms. The van der Waals surface area contributed by atoms with Crippen LogP contribution in [0, 0.1) is 11.8 Å². The second kappa shape index (κ2) is 2.71. The van der Waals surface area contributed by atoms with Crippen molar-refractivity contribution in [2.75, 3.05) is 13.1 Å². The molecule has 2 saturated heterocycles. The standard InChI is InChI=1S/C8H14ClN/c9-10-5-7-1-2-8(6-10)4-3-7/h7-8H,1-6H2. The lowest BCUT2D eigenvalue weighted by Gasteiger charge is -2.20. The molecule has 2 aliphatic heterocycles. The van der Waals surface area contributed by atoms with E-state index >= 15 is 0 Å². The van der Waals surface area contributed by atoms with Gasteiger partial charge in [0.25, 0.3) is 0 Å². The molecule has 0 radical (unpaired) electrons. The Hall–Kier alpha value is 0.250. The van der Waals surface area contributed by atoms with Crippen molar-refractivity contribution in [1.29, 1.82) is 0 Å². The van der Waals surface area contributed by atoms with Crippen molar-refractivity contribution >= 4 is 11.8 Å². The highest BCUT2D eigenvalue weighted by atomic mass is 35.5.